The molecule has 0 aliphatic heterocycles. The van der Waals surface area contributed by atoms with Crippen LogP contribution in [0, 0.1) is 23.0 Å². The Bertz CT molecular complexity index is 693. The van der Waals surface area contributed by atoms with Crippen LogP contribution in [0.25, 0.3) is 0 Å². The van der Waals surface area contributed by atoms with Gasteiger partial charge >= 0.3 is 6.03 Å². The normalized spacial score (nSPS) is 9.76. The van der Waals surface area contributed by atoms with Crippen LogP contribution in [-0.2, 0) is 6.54 Å². The lowest BCUT2D eigenvalue weighted by molar-refractivity contribution is 0.251. The Morgan fingerprint density at radius 3 is 2.48 bits per heavy atom. The first-order valence-electron chi connectivity index (χ1n) is 6.07. The van der Waals surface area contributed by atoms with Crippen molar-refractivity contribution in [3.8, 4) is 6.07 Å². The average Bonchev–Trinajstić information content (AvgIpc) is 2.48. The Morgan fingerprint density at radius 2 is 1.86 bits per heavy atom. The molecule has 0 aliphatic carbocycles. The summed E-state index contributed by atoms with van der Waals surface area (Å²) in [5, 5.41) is 13.6. The molecule has 2 N–H and O–H groups in total. The number of halogens is 2. The zero-order valence-electron chi connectivity index (χ0n) is 10.9. The minimum absolute atomic E-state index is 0.0232. The zero-order valence-corrected chi connectivity index (χ0v) is 10.9. The number of carbonyl (C=O) groups excluding carboxylic acids is 1. The maximum absolute atomic E-state index is 13.6. The first kappa shape index (κ1) is 14.5. The van der Waals surface area contributed by atoms with Crippen molar-refractivity contribution in [3.63, 3.8) is 0 Å². The number of amides is 2. The highest BCUT2D eigenvalue weighted by atomic mass is 19.1. The van der Waals surface area contributed by atoms with Crippen LogP contribution in [0.4, 0.5) is 19.3 Å². The number of benzene rings is 2. The van der Waals surface area contributed by atoms with Crippen molar-refractivity contribution < 1.29 is 13.6 Å². The first-order valence-corrected chi connectivity index (χ1v) is 6.07. The summed E-state index contributed by atoms with van der Waals surface area (Å²) in [6.07, 6.45) is 0. The van der Waals surface area contributed by atoms with E-state index in [1.165, 1.54) is 36.4 Å². The predicted molar refractivity (Wildman–Crippen MR) is 73.4 cm³/mol. The van der Waals surface area contributed by atoms with Gasteiger partial charge in [-0.1, -0.05) is 6.07 Å². The molecular formula is C15H11F2N3O. The number of anilines is 1. The summed E-state index contributed by atoms with van der Waals surface area (Å²) in [7, 11) is 0. The van der Waals surface area contributed by atoms with Crippen LogP contribution in [0.1, 0.15) is 11.1 Å². The van der Waals surface area contributed by atoms with E-state index in [9.17, 15) is 13.6 Å². The van der Waals surface area contributed by atoms with Crippen molar-refractivity contribution in [2.24, 2.45) is 0 Å². The lowest BCUT2D eigenvalue weighted by Gasteiger charge is -2.08. The minimum atomic E-state index is -0.559. The molecule has 0 heterocycles. The second kappa shape index (κ2) is 6.48. The summed E-state index contributed by atoms with van der Waals surface area (Å²) in [5.41, 5.74) is 0.907. The van der Waals surface area contributed by atoms with Gasteiger partial charge in [0.15, 0.2) is 0 Å². The second-order valence-electron chi connectivity index (χ2n) is 4.23. The third-order valence-corrected chi connectivity index (χ3v) is 2.72. The van der Waals surface area contributed by atoms with E-state index in [-0.39, 0.29) is 17.7 Å². The molecule has 106 valence electrons. The van der Waals surface area contributed by atoms with Gasteiger partial charge in [0.05, 0.1) is 11.6 Å². The molecule has 0 saturated carbocycles. The molecule has 0 atom stereocenters. The number of rotatable bonds is 3. The molecular weight excluding hydrogens is 276 g/mol. The van der Waals surface area contributed by atoms with Gasteiger partial charge in [-0.15, -0.1) is 0 Å². The van der Waals surface area contributed by atoms with E-state index >= 15 is 0 Å². The lowest BCUT2D eigenvalue weighted by Crippen LogP contribution is -2.28. The van der Waals surface area contributed by atoms with Gasteiger partial charge in [0.2, 0.25) is 0 Å². The Morgan fingerprint density at radius 1 is 1.14 bits per heavy atom. The number of carbonyl (C=O) groups is 1. The zero-order chi connectivity index (χ0) is 15.2. The molecule has 4 nitrogen and oxygen atoms in total. The Balaban J connectivity index is 1.92. The highest BCUT2D eigenvalue weighted by Gasteiger charge is 2.06. The molecule has 6 heteroatoms. The summed E-state index contributed by atoms with van der Waals surface area (Å²) in [6, 6.07) is 10.6. The second-order valence-corrected chi connectivity index (χ2v) is 4.23. The van der Waals surface area contributed by atoms with Crippen molar-refractivity contribution in [1.82, 2.24) is 5.32 Å². The lowest BCUT2D eigenvalue weighted by atomic mass is 10.1. The van der Waals surface area contributed by atoms with Gasteiger partial charge in [-0.2, -0.15) is 5.26 Å². The smallest absolute Gasteiger partial charge is 0.319 e. The van der Waals surface area contributed by atoms with Crippen molar-refractivity contribution in [3.05, 3.63) is 65.2 Å². The molecule has 0 aliphatic rings. The number of nitrogens with zero attached hydrogens (tertiary/aromatic N) is 1. The standard InChI is InChI=1S/C15H11F2N3O/c16-12-3-5-13(6-4-12)20-15(21)19-9-11-2-1-10(8-18)7-14(11)17/h1-7H,9H2,(H2,19,20,21). The highest BCUT2D eigenvalue weighted by molar-refractivity contribution is 5.89. The highest BCUT2D eigenvalue weighted by Crippen LogP contribution is 2.10. The Labute approximate surface area is 120 Å². The van der Waals surface area contributed by atoms with Gasteiger partial charge in [-0.25, -0.2) is 13.6 Å². The molecule has 0 aromatic heterocycles. The number of nitriles is 1. The fourth-order valence-electron chi connectivity index (χ4n) is 1.64. The summed E-state index contributed by atoms with van der Waals surface area (Å²) in [4.78, 5) is 11.6. The monoisotopic (exact) mass is 287 g/mol. The summed E-state index contributed by atoms with van der Waals surface area (Å²) in [6.45, 7) is -0.0232. The van der Waals surface area contributed by atoms with E-state index in [0.29, 0.717) is 5.69 Å². The fourth-order valence-corrected chi connectivity index (χ4v) is 1.64. The third kappa shape index (κ3) is 4.01. The number of hydrogen-bond donors (Lipinski definition) is 2. The van der Waals surface area contributed by atoms with Gasteiger partial charge < -0.3 is 10.6 Å². The third-order valence-electron chi connectivity index (χ3n) is 2.72. The molecule has 2 rings (SSSR count). The van der Waals surface area contributed by atoms with Crippen LogP contribution in [0.3, 0.4) is 0 Å². The van der Waals surface area contributed by atoms with Gasteiger partial charge in [0.1, 0.15) is 11.6 Å². The van der Waals surface area contributed by atoms with Gasteiger partial charge in [0, 0.05) is 17.8 Å². The van der Waals surface area contributed by atoms with E-state index in [0.717, 1.165) is 6.07 Å². The first-order chi connectivity index (χ1) is 10.1. The van der Waals surface area contributed by atoms with E-state index in [1.807, 2.05) is 6.07 Å². The molecule has 0 unspecified atom stereocenters. The summed E-state index contributed by atoms with van der Waals surface area (Å²) >= 11 is 0. The van der Waals surface area contributed by atoms with Gasteiger partial charge in [-0.3, -0.25) is 0 Å². The maximum Gasteiger partial charge on any atom is 0.319 e. The minimum Gasteiger partial charge on any atom is -0.334 e. The molecule has 2 aromatic carbocycles. The molecule has 21 heavy (non-hydrogen) atoms. The number of nitrogens with one attached hydrogen (secondary N) is 2. The van der Waals surface area contributed by atoms with Crippen LogP contribution in [0.5, 0.6) is 0 Å². The topological polar surface area (TPSA) is 64.9 Å². The Kier molecular flexibility index (Phi) is 4.46. The van der Waals surface area contributed by atoms with Crippen molar-refractivity contribution in [2.45, 2.75) is 6.54 Å². The Hall–Kier alpha value is -2.94. The van der Waals surface area contributed by atoms with Gasteiger partial charge in [-0.05, 0) is 36.4 Å². The molecule has 0 bridgehead atoms. The van der Waals surface area contributed by atoms with Crippen LogP contribution in [0.2, 0.25) is 0 Å². The van der Waals surface area contributed by atoms with E-state index in [4.69, 9.17) is 5.26 Å². The quantitative estimate of drug-likeness (QED) is 0.910. The van der Waals surface area contributed by atoms with Crippen molar-refractivity contribution >= 4 is 11.7 Å². The van der Waals surface area contributed by atoms with Crippen molar-refractivity contribution in [1.29, 1.82) is 5.26 Å². The SMILES string of the molecule is N#Cc1ccc(CNC(=O)Nc2ccc(F)cc2)c(F)c1. The van der Waals surface area contributed by atoms with Crippen LogP contribution >= 0.6 is 0 Å². The largest absolute Gasteiger partial charge is 0.334 e. The van der Waals surface area contributed by atoms with E-state index in [1.54, 1.807) is 0 Å². The number of urea groups is 1. The van der Waals surface area contributed by atoms with E-state index < -0.39 is 17.7 Å². The van der Waals surface area contributed by atoms with Crippen LogP contribution < -0.4 is 10.6 Å². The van der Waals surface area contributed by atoms with Crippen LogP contribution in [0.15, 0.2) is 42.5 Å². The van der Waals surface area contributed by atoms with E-state index in [2.05, 4.69) is 10.6 Å². The van der Waals surface area contributed by atoms with Gasteiger partial charge in [0.25, 0.3) is 0 Å². The predicted octanol–water partition coefficient (Wildman–Crippen LogP) is 3.16. The fraction of sp³-hybridized carbons (Fsp3) is 0.0667. The summed E-state index contributed by atoms with van der Waals surface area (Å²) in [5.74, 6) is -0.961. The molecule has 0 spiro atoms. The van der Waals surface area contributed by atoms with Crippen LogP contribution in [-0.4, -0.2) is 6.03 Å². The molecule has 0 fully saturated rings. The number of hydrogen-bond acceptors (Lipinski definition) is 2. The molecule has 2 aromatic rings. The van der Waals surface area contributed by atoms with Crippen molar-refractivity contribution in [2.75, 3.05) is 5.32 Å². The summed E-state index contributed by atoms with van der Waals surface area (Å²) < 4.78 is 26.3. The molecule has 0 radical (unpaired) electrons. The average molecular weight is 287 g/mol. The maximum atomic E-state index is 13.6. The molecule has 2 amide bonds. The molecule has 0 saturated heterocycles.